The van der Waals surface area contributed by atoms with E-state index in [4.69, 9.17) is 0 Å². The van der Waals surface area contributed by atoms with Crippen LogP contribution in [0.2, 0.25) is 0 Å². The zero-order valence-electron chi connectivity index (χ0n) is 13.2. The van der Waals surface area contributed by atoms with Crippen LogP contribution in [0.5, 0.6) is 0 Å². The van der Waals surface area contributed by atoms with Crippen LogP contribution in [0.1, 0.15) is 29.2 Å². The maximum absolute atomic E-state index is 13.3. The summed E-state index contributed by atoms with van der Waals surface area (Å²) in [5, 5.41) is 3.32. The van der Waals surface area contributed by atoms with Gasteiger partial charge in [0, 0.05) is 19.2 Å². The van der Waals surface area contributed by atoms with Gasteiger partial charge in [-0.05, 0) is 36.1 Å². The van der Waals surface area contributed by atoms with Crippen molar-refractivity contribution in [1.29, 1.82) is 0 Å². The second-order valence-electron chi connectivity index (χ2n) is 6.17. The molecule has 0 aliphatic carbocycles. The topological polar surface area (TPSA) is 61.4 Å². The molecule has 2 aromatic rings. The normalized spacial score (nSPS) is 22.0. The Morgan fingerprint density at radius 1 is 1.12 bits per heavy atom. The van der Waals surface area contributed by atoms with Crippen LogP contribution in [0.15, 0.2) is 36.4 Å². The van der Waals surface area contributed by atoms with Crippen LogP contribution in [0.3, 0.4) is 0 Å². The molecule has 24 heavy (non-hydrogen) atoms. The Kier molecular flexibility index (Phi) is 3.51. The van der Waals surface area contributed by atoms with Crippen molar-refractivity contribution in [3.05, 3.63) is 58.9 Å². The Bertz CT molecular complexity index is 897. The number of hydrogen-bond donors (Lipinski definition) is 2. The van der Waals surface area contributed by atoms with Gasteiger partial charge in [-0.3, -0.25) is 4.72 Å². The van der Waals surface area contributed by atoms with Gasteiger partial charge in [0.1, 0.15) is 5.82 Å². The SMILES string of the molecule is CN1C(c2ccc(F)cc2)c2ccc3c(c2NS1(=O)=O)NCCC3. The third-order valence-electron chi connectivity index (χ3n) is 4.70. The number of halogens is 1. The van der Waals surface area contributed by atoms with E-state index in [9.17, 15) is 12.8 Å². The van der Waals surface area contributed by atoms with Gasteiger partial charge in [0.15, 0.2) is 0 Å². The molecule has 2 aliphatic rings. The van der Waals surface area contributed by atoms with E-state index in [0.29, 0.717) is 5.69 Å². The van der Waals surface area contributed by atoms with Crippen molar-refractivity contribution < 1.29 is 12.8 Å². The van der Waals surface area contributed by atoms with Crippen LogP contribution < -0.4 is 10.0 Å². The molecule has 0 bridgehead atoms. The molecule has 5 nitrogen and oxygen atoms in total. The first kappa shape index (κ1) is 15.4. The summed E-state index contributed by atoms with van der Waals surface area (Å²) in [4.78, 5) is 0. The Labute approximate surface area is 140 Å². The van der Waals surface area contributed by atoms with Crippen LogP contribution in [0, 0.1) is 5.82 Å². The van der Waals surface area contributed by atoms with Crippen molar-refractivity contribution in [3.63, 3.8) is 0 Å². The third-order valence-corrected chi connectivity index (χ3v) is 6.13. The van der Waals surface area contributed by atoms with Crippen LogP contribution in [0.25, 0.3) is 0 Å². The molecule has 0 spiro atoms. The first-order valence-corrected chi connectivity index (χ1v) is 9.32. The summed E-state index contributed by atoms with van der Waals surface area (Å²) in [6.07, 6.45) is 1.95. The third kappa shape index (κ3) is 2.35. The van der Waals surface area contributed by atoms with Gasteiger partial charge >= 0.3 is 10.2 Å². The molecular weight excluding hydrogens is 329 g/mol. The summed E-state index contributed by atoms with van der Waals surface area (Å²) in [6, 6.07) is 9.50. The fourth-order valence-electron chi connectivity index (χ4n) is 3.47. The number of benzene rings is 2. The first-order chi connectivity index (χ1) is 11.5. The van der Waals surface area contributed by atoms with Gasteiger partial charge in [-0.2, -0.15) is 12.7 Å². The summed E-state index contributed by atoms with van der Waals surface area (Å²) in [6.45, 7) is 0.822. The number of rotatable bonds is 1. The molecule has 1 atom stereocenters. The molecule has 7 heteroatoms. The molecule has 0 fully saturated rings. The lowest BCUT2D eigenvalue weighted by atomic mass is 9.92. The average molecular weight is 347 g/mol. The van der Waals surface area contributed by atoms with Crippen LogP contribution in [0.4, 0.5) is 15.8 Å². The van der Waals surface area contributed by atoms with Gasteiger partial charge in [0.25, 0.3) is 0 Å². The molecule has 0 saturated heterocycles. The lowest BCUT2D eigenvalue weighted by Gasteiger charge is -2.37. The molecule has 126 valence electrons. The molecule has 2 aromatic carbocycles. The Balaban J connectivity index is 1.93. The van der Waals surface area contributed by atoms with Gasteiger partial charge in [-0.15, -0.1) is 0 Å². The Morgan fingerprint density at radius 3 is 2.62 bits per heavy atom. The van der Waals surface area contributed by atoms with E-state index in [1.54, 1.807) is 12.1 Å². The first-order valence-electron chi connectivity index (χ1n) is 7.88. The largest absolute Gasteiger partial charge is 0.383 e. The van der Waals surface area contributed by atoms with Gasteiger partial charge in [0.2, 0.25) is 0 Å². The summed E-state index contributed by atoms with van der Waals surface area (Å²) in [7, 11) is -2.13. The van der Waals surface area contributed by atoms with Crippen molar-refractivity contribution in [3.8, 4) is 0 Å². The van der Waals surface area contributed by atoms with Crippen molar-refractivity contribution >= 4 is 21.6 Å². The Morgan fingerprint density at radius 2 is 1.88 bits per heavy atom. The molecule has 2 N–H and O–H groups in total. The fourth-order valence-corrected chi connectivity index (χ4v) is 4.61. The maximum Gasteiger partial charge on any atom is 0.302 e. The molecule has 0 amide bonds. The van der Waals surface area contributed by atoms with E-state index in [2.05, 4.69) is 10.0 Å². The number of fused-ring (bicyclic) bond motifs is 3. The van der Waals surface area contributed by atoms with Crippen molar-refractivity contribution in [2.75, 3.05) is 23.6 Å². The van der Waals surface area contributed by atoms with E-state index in [-0.39, 0.29) is 5.82 Å². The molecule has 4 rings (SSSR count). The standard InChI is InChI=1S/C17H18FN3O2S/c1-21-17(12-4-7-13(18)8-5-12)14-9-6-11-3-2-10-19-15(11)16(14)20-24(21,22)23/h4-9,17,19-20H,2-3,10H2,1H3. The van der Waals surface area contributed by atoms with Gasteiger partial charge in [-0.25, -0.2) is 4.39 Å². The molecule has 0 radical (unpaired) electrons. The zero-order valence-corrected chi connectivity index (χ0v) is 14.0. The minimum absolute atomic E-state index is 0.342. The van der Waals surface area contributed by atoms with E-state index in [1.807, 2.05) is 12.1 Å². The monoisotopic (exact) mass is 347 g/mol. The highest BCUT2D eigenvalue weighted by molar-refractivity contribution is 7.90. The number of nitrogens with one attached hydrogen (secondary N) is 2. The van der Waals surface area contributed by atoms with Gasteiger partial charge in [-0.1, -0.05) is 24.3 Å². The fraction of sp³-hybridized carbons (Fsp3) is 0.294. The van der Waals surface area contributed by atoms with Crippen molar-refractivity contribution in [2.45, 2.75) is 18.9 Å². The van der Waals surface area contributed by atoms with Crippen molar-refractivity contribution in [1.82, 2.24) is 4.31 Å². The maximum atomic E-state index is 13.3. The second kappa shape index (κ2) is 5.46. The summed E-state index contributed by atoms with van der Waals surface area (Å²) >= 11 is 0. The molecule has 1 unspecified atom stereocenters. The minimum atomic E-state index is -3.67. The molecule has 0 saturated carbocycles. The highest BCUT2D eigenvalue weighted by Crippen LogP contribution is 2.44. The lowest BCUT2D eigenvalue weighted by molar-refractivity contribution is 0.416. The van der Waals surface area contributed by atoms with Crippen molar-refractivity contribution in [2.24, 2.45) is 0 Å². The Hall–Kier alpha value is -2.12. The lowest BCUT2D eigenvalue weighted by Crippen LogP contribution is -2.41. The van der Waals surface area contributed by atoms with E-state index < -0.39 is 16.3 Å². The summed E-state index contributed by atoms with van der Waals surface area (Å²) in [5.74, 6) is -0.342. The van der Waals surface area contributed by atoms with Crippen LogP contribution in [-0.2, 0) is 16.6 Å². The number of anilines is 2. The van der Waals surface area contributed by atoms with E-state index >= 15 is 0 Å². The van der Waals surface area contributed by atoms with Crippen LogP contribution in [-0.4, -0.2) is 26.3 Å². The van der Waals surface area contributed by atoms with Gasteiger partial charge in [0.05, 0.1) is 17.4 Å². The smallest absolute Gasteiger partial charge is 0.302 e. The quantitative estimate of drug-likeness (QED) is 0.834. The van der Waals surface area contributed by atoms with E-state index in [1.165, 1.54) is 23.5 Å². The number of hydrogen-bond acceptors (Lipinski definition) is 3. The van der Waals surface area contributed by atoms with E-state index in [0.717, 1.165) is 41.8 Å². The summed E-state index contributed by atoms with van der Waals surface area (Å²) in [5.41, 5.74) is 4.19. The zero-order chi connectivity index (χ0) is 16.9. The van der Waals surface area contributed by atoms with Crippen LogP contribution >= 0.6 is 0 Å². The van der Waals surface area contributed by atoms with Gasteiger partial charge < -0.3 is 5.32 Å². The summed E-state index contributed by atoms with van der Waals surface area (Å²) < 4.78 is 42.4. The predicted molar refractivity (Wildman–Crippen MR) is 91.8 cm³/mol. The minimum Gasteiger partial charge on any atom is -0.383 e. The second-order valence-corrected chi connectivity index (χ2v) is 7.90. The average Bonchev–Trinajstić information content (AvgIpc) is 2.57. The predicted octanol–water partition coefficient (Wildman–Crippen LogP) is 2.88. The molecule has 2 aliphatic heterocycles. The number of nitrogens with zero attached hydrogens (tertiary/aromatic N) is 1. The molecule has 2 heterocycles. The number of aryl methyl sites for hydroxylation is 1. The molecular formula is C17H18FN3O2S. The highest BCUT2D eigenvalue weighted by Gasteiger charge is 2.37. The highest BCUT2D eigenvalue weighted by atomic mass is 32.2. The molecule has 0 aromatic heterocycles.